The number of aliphatic hydroxyl groups is 1. The molecular weight excluding hydrogens is 164 g/mol. The third-order valence-electron chi connectivity index (χ3n) is 1.99. The van der Waals surface area contributed by atoms with Gasteiger partial charge in [-0.2, -0.15) is 0 Å². The van der Waals surface area contributed by atoms with Crippen molar-refractivity contribution in [1.82, 2.24) is 0 Å². The van der Waals surface area contributed by atoms with Crippen molar-refractivity contribution in [1.29, 1.82) is 0 Å². The Morgan fingerprint density at radius 3 is 2.08 bits per heavy atom. The van der Waals surface area contributed by atoms with Crippen LogP contribution in [0.4, 0.5) is 0 Å². The third-order valence-corrected chi connectivity index (χ3v) is 1.99. The average Bonchev–Trinajstić information content (AvgIpc) is 2.16. The average molecular weight is 187 g/mol. The number of ether oxygens (including phenoxy) is 1. The molecular formula is C11H23O2. The van der Waals surface area contributed by atoms with Crippen LogP contribution in [-0.4, -0.2) is 24.9 Å². The van der Waals surface area contributed by atoms with E-state index in [1.54, 1.807) is 0 Å². The first kappa shape index (κ1) is 12.9. The van der Waals surface area contributed by atoms with Gasteiger partial charge in [-0.3, -0.25) is 0 Å². The lowest BCUT2D eigenvalue weighted by atomic mass is 10.2. The van der Waals surface area contributed by atoms with Crippen molar-refractivity contribution < 1.29 is 9.84 Å². The van der Waals surface area contributed by atoms with E-state index in [1.807, 2.05) is 0 Å². The summed E-state index contributed by atoms with van der Waals surface area (Å²) in [4.78, 5) is 0. The van der Waals surface area contributed by atoms with Crippen molar-refractivity contribution in [3.05, 3.63) is 6.92 Å². The summed E-state index contributed by atoms with van der Waals surface area (Å²) in [5.74, 6) is 0. The lowest BCUT2D eigenvalue weighted by Gasteiger charge is -2.02. The molecule has 2 heteroatoms. The van der Waals surface area contributed by atoms with Crippen LogP contribution in [0.25, 0.3) is 0 Å². The van der Waals surface area contributed by atoms with Crippen molar-refractivity contribution in [2.45, 2.75) is 44.9 Å². The van der Waals surface area contributed by atoms with Gasteiger partial charge in [0.15, 0.2) is 0 Å². The minimum Gasteiger partial charge on any atom is -0.396 e. The van der Waals surface area contributed by atoms with E-state index in [-0.39, 0.29) is 0 Å². The van der Waals surface area contributed by atoms with Crippen LogP contribution in [0, 0.1) is 6.92 Å². The van der Waals surface area contributed by atoms with Gasteiger partial charge in [0, 0.05) is 19.8 Å². The van der Waals surface area contributed by atoms with Crippen LogP contribution in [0.15, 0.2) is 0 Å². The summed E-state index contributed by atoms with van der Waals surface area (Å²) in [5, 5.41) is 8.53. The van der Waals surface area contributed by atoms with Gasteiger partial charge < -0.3 is 9.84 Å². The molecule has 0 bridgehead atoms. The Kier molecular flexibility index (Phi) is 11.8. The quantitative estimate of drug-likeness (QED) is 0.533. The molecule has 0 saturated carbocycles. The number of rotatable bonds is 10. The van der Waals surface area contributed by atoms with E-state index in [0.29, 0.717) is 6.61 Å². The molecule has 0 rings (SSSR count). The smallest absolute Gasteiger partial charge is 0.0466 e. The summed E-state index contributed by atoms with van der Waals surface area (Å²) in [6.07, 6.45) is 7.69. The number of aliphatic hydroxyl groups excluding tert-OH is 1. The third kappa shape index (κ3) is 11.9. The number of unbranched alkanes of at least 4 members (excludes halogenated alkanes) is 5. The summed E-state index contributed by atoms with van der Waals surface area (Å²) >= 11 is 0. The first-order valence-electron chi connectivity index (χ1n) is 5.39. The maximum Gasteiger partial charge on any atom is 0.0466 e. The highest BCUT2D eigenvalue weighted by molar-refractivity contribution is 4.44. The Labute approximate surface area is 82.3 Å². The topological polar surface area (TPSA) is 29.5 Å². The van der Waals surface area contributed by atoms with Gasteiger partial charge in [-0.15, -0.1) is 0 Å². The van der Waals surface area contributed by atoms with Gasteiger partial charge >= 0.3 is 0 Å². The minimum atomic E-state index is 0.324. The summed E-state index contributed by atoms with van der Waals surface area (Å²) in [6.45, 7) is 5.86. The minimum absolute atomic E-state index is 0.324. The van der Waals surface area contributed by atoms with Crippen molar-refractivity contribution in [2.24, 2.45) is 0 Å². The van der Waals surface area contributed by atoms with Crippen LogP contribution >= 0.6 is 0 Å². The Morgan fingerprint density at radius 2 is 1.46 bits per heavy atom. The molecule has 0 fully saturated rings. The first-order valence-corrected chi connectivity index (χ1v) is 5.39. The molecule has 0 aromatic carbocycles. The molecule has 0 unspecified atom stereocenters. The number of hydrogen-bond acceptors (Lipinski definition) is 2. The molecule has 0 aromatic rings. The Bertz CT molecular complexity index is 74.2. The fourth-order valence-corrected chi connectivity index (χ4v) is 1.15. The summed E-state index contributed by atoms with van der Waals surface area (Å²) < 4.78 is 5.43. The summed E-state index contributed by atoms with van der Waals surface area (Å²) in [7, 11) is 0. The molecule has 0 atom stereocenters. The molecule has 0 spiro atoms. The maximum atomic E-state index is 8.53. The molecule has 2 nitrogen and oxygen atoms in total. The van der Waals surface area contributed by atoms with Gasteiger partial charge in [0.1, 0.15) is 0 Å². The van der Waals surface area contributed by atoms with E-state index < -0.39 is 0 Å². The monoisotopic (exact) mass is 187 g/mol. The highest BCUT2D eigenvalue weighted by Crippen LogP contribution is 2.00. The highest BCUT2D eigenvalue weighted by Gasteiger charge is 1.90. The van der Waals surface area contributed by atoms with E-state index >= 15 is 0 Å². The molecule has 0 aliphatic rings. The van der Waals surface area contributed by atoms with Crippen LogP contribution < -0.4 is 0 Å². The van der Waals surface area contributed by atoms with Gasteiger partial charge in [0.25, 0.3) is 0 Å². The molecule has 13 heavy (non-hydrogen) atoms. The largest absolute Gasteiger partial charge is 0.396 e. The van der Waals surface area contributed by atoms with E-state index in [9.17, 15) is 0 Å². The second-order valence-corrected chi connectivity index (χ2v) is 3.31. The molecule has 0 aliphatic carbocycles. The van der Waals surface area contributed by atoms with Crippen LogP contribution in [0.1, 0.15) is 44.9 Å². The Morgan fingerprint density at radius 1 is 0.846 bits per heavy atom. The normalized spacial score (nSPS) is 10.6. The van der Waals surface area contributed by atoms with Gasteiger partial charge in [0.05, 0.1) is 0 Å². The maximum absolute atomic E-state index is 8.53. The van der Waals surface area contributed by atoms with Crippen molar-refractivity contribution >= 4 is 0 Å². The van der Waals surface area contributed by atoms with E-state index in [2.05, 4.69) is 6.92 Å². The molecule has 1 radical (unpaired) electrons. The first-order chi connectivity index (χ1) is 6.41. The zero-order valence-electron chi connectivity index (χ0n) is 8.63. The van der Waals surface area contributed by atoms with Crippen molar-refractivity contribution in [3.63, 3.8) is 0 Å². The van der Waals surface area contributed by atoms with E-state index in [1.165, 1.54) is 12.8 Å². The molecule has 0 aromatic heterocycles. The standard InChI is InChI=1S/C11H23O2/c1-2-3-7-10-13-11-8-5-4-6-9-12/h12H,1-11H2. The molecule has 79 valence electrons. The van der Waals surface area contributed by atoms with E-state index in [4.69, 9.17) is 9.84 Å². The highest BCUT2D eigenvalue weighted by atomic mass is 16.5. The molecule has 0 heterocycles. The summed E-state index contributed by atoms with van der Waals surface area (Å²) in [6, 6.07) is 0. The molecule has 0 aliphatic heterocycles. The fourth-order valence-electron chi connectivity index (χ4n) is 1.15. The SMILES string of the molecule is [CH2]CCCCOCCCCCCO. The van der Waals surface area contributed by atoms with Gasteiger partial charge in [0.2, 0.25) is 0 Å². The van der Waals surface area contributed by atoms with Gasteiger partial charge in [-0.1, -0.05) is 32.6 Å². The van der Waals surface area contributed by atoms with Crippen LogP contribution in [-0.2, 0) is 4.74 Å². The lowest BCUT2D eigenvalue weighted by molar-refractivity contribution is 0.126. The Hall–Kier alpha value is -0.0800. The second kappa shape index (κ2) is 11.9. The Balaban J connectivity index is 2.76. The molecule has 0 amide bonds. The van der Waals surface area contributed by atoms with Crippen LogP contribution in [0.2, 0.25) is 0 Å². The predicted octanol–water partition coefficient (Wildman–Crippen LogP) is 2.56. The molecule has 1 N–H and O–H groups in total. The van der Waals surface area contributed by atoms with Gasteiger partial charge in [-0.25, -0.2) is 0 Å². The zero-order valence-corrected chi connectivity index (χ0v) is 8.63. The summed E-state index contributed by atoms with van der Waals surface area (Å²) in [5.41, 5.74) is 0. The number of hydrogen-bond donors (Lipinski definition) is 1. The zero-order chi connectivity index (χ0) is 9.78. The molecule has 0 saturated heterocycles. The van der Waals surface area contributed by atoms with Crippen LogP contribution in [0.5, 0.6) is 0 Å². The van der Waals surface area contributed by atoms with E-state index in [0.717, 1.165) is 45.3 Å². The van der Waals surface area contributed by atoms with Crippen molar-refractivity contribution in [3.8, 4) is 0 Å². The second-order valence-electron chi connectivity index (χ2n) is 3.31. The van der Waals surface area contributed by atoms with Gasteiger partial charge in [-0.05, 0) is 19.3 Å². The fraction of sp³-hybridized carbons (Fsp3) is 0.909. The lowest BCUT2D eigenvalue weighted by Crippen LogP contribution is -1.97. The van der Waals surface area contributed by atoms with Crippen molar-refractivity contribution in [2.75, 3.05) is 19.8 Å². The van der Waals surface area contributed by atoms with Crippen LogP contribution in [0.3, 0.4) is 0 Å². The predicted molar refractivity (Wildman–Crippen MR) is 55.6 cm³/mol.